The van der Waals surface area contributed by atoms with Gasteiger partial charge in [0.2, 0.25) is 5.78 Å². The first kappa shape index (κ1) is 15.9. The number of aliphatic imine (C=N–C) groups is 2. The number of aromatic nitrogens is 3. The fourth-order valence-corrected chi connectivity index (χ4v) is 3.51. The van der Waals surface area contributed by atoms with E-state index in [1.807, 2.05) is 68.2 Å². The summed E-state index contributed by atoms with van der Waals surface area (Å²) in [6.07, 6.45) is 5.66. The summed E-state index contributed by atoms with van der Waals surface area (Å²) in [5, 5.41) is 4.17. The molecule has 0 bridgehead atoms. The van der Waals surface area contributed by atoms with Gasteiger partial charge in [-0.15, -0.1) is 0 Å². The summed E-state index contributed by atoms with van der Waals surface area (Å²) in [6.45, 7) is 4.00. The van der Waals surface area contributed by atoms with E-state index in [0.717, 1.165) is 34.2 Å². The van der Waals surface area contributed by atoms with E-state index in [1.165, 1.54) is 0 Å². The summed E-state index contributed by atoms with van der Waals surface area (Å²) in [5.74, 6) is 1.54. The largest absolute Gasteiger partial charge is 0.291 e. The molecule has 0 saturated heterocycles. The number of amidine groups is 1. The molecule has 2 aromatic heterocycles. The lowest BCUT2D eigenvalue weighted by Crippen LogP contribution is -2.42. The van der Waals surface area contributed by atoms with E-state index in [0.29, 0.717) is 5.78 Å². The topological polar surface area (TPSA) is 61.4 Å². The maximum absolute atomic E-state index is 4.86. The van der Waals surface area contributed by atoms with E-state index in [2.05, 4.69) is 27.1 Å². The van der Waals surface area contributed by atoms with Crippen LogP contribution in [0.5, 0.6) is 0 Å². The van der Waals surface area contributed by atoms with Gasteiger partial charge >= 0.3 is 0 Å². The molecule has 2 aliphatic rings. The molecule has 134 valence electrons. The van der Waals surface area contributed by atoms with Gasteiger partial charge in [0.25, 0.3) is 0 Å². The van der Waals surface area contributed by atoms with Crippen molar-refractivity contribution in [3.63, 3.8) is 0 Å². The standard InChI is InChI=1S/C20H19N7/c1-13-11-21-14(2)18-24-19(25(3)27(13)18)16-9-10-26-12-17(23-20(26)22-16)15-7-5-4-6-8-15/h4-12,19H,1-3H3. The fourth-order valence-electron chi connectivity index (χ4n) is 3.51. The van der Waals surface area contributed by atoms with E-state index in [9.17, 15) is 0 Å². The minimum Gasteiger partial charge on any atom is -0.291 e. The summed E-state index contributed by atoms with van der Waals surface area (Å²) in [6, 6.07) is 12.1. The van der Waals surface area contributed by atoms with Gasteiger partial charge in [-0.05, 0) is 19.9 Å². The summed E-state index contributed by atoms with van der Waals surface area (Å²) in [4.78, 5) is 18.8. The van der Waals surface area contributed by atoms with Crippen molar-refractivity contribution in [1.82, 2.24) is 24.4 Å². The zero-order chi connectivity index (χ0) is 18.5. The molecular weight excluding hydrogens is 338 g/mol. The smallest absolute Gasteiger partial charge is 0.234 e. The molecular formula is C20H19N7. The minimum absolute atomic E-state index is 0.200. The molecule has 27 heavy (non-hydrogen) atoms. The molecule has 0 saturated carbocycles. The van der Waals surface area contributed by atoms with Gasteiger partial charge < -0.3 is 0 Å². The predicted octanol–water partition coefficient (Wildman–Crippen LogP) is 3.29. The normalized spacial score (nSPS) is 19.7. The van der Waals surface area contributed by atoms with Gasteiger partial charge in [-0.1, -0.05) is 30.3 Å². The summed E-state index contributed by atoms with van der Waals surface area (Å²) >= 11 is 0. The van der Waals surface area contributed by atoms with Crippen molar-refractivity contribution in [2.75, 3.05) is 7.05 Å². The number of rotatable bonds is 2. The maximum Gasteiger partial charge on any atom is 0.234 e. The van der Waals surface area contributed by atoms with Gasteiger partial charge in [0.1, 0.15) is 0 Å². The predicted molar refractivity (Wildman–Crippen MR) is 105 cm³/mol. The van der Waals surface area contributed by atoms with E-state index in [-0.39, 0.29) is 6.17 Å². The summed E-state index contributed by atoms with van der Waals surface area (Å²) < 4.78 is 1.94. The molecule has 1 atom stereocenters. The number of benzene rings is 1. The number of hydrogen-bond donors (Lipinski definition) is 0. The first-order chi connectivity index (χ1) is 13.1. The second-order valence-corrected chi connectivity index (χ2v) is 6.75. The van der Waals surface area contributed by atoms with Gasteiger partial charge in [0, 0.05) is 31.2 Å². The monoisotopic (exact) mass is 357 g/mol. The zero-order valence-corrected chi connectivity index (χ0v) is 15.4. The maximum atomic E-state index is 4.86. The van der Waals surface area contributed by atoms with Crippen LogP contribution >= 0.6 is 0 Å². The van der Waals surface area contributed by atoms with Crippen LogP contribution in [0.3, 0.4) is 0 Å². The van der Waals surface area contributed by atoms with Crippen molar-refractivity contribution >= 4 is 17.3 Å². The number of imidazole rings is 1. The molecule has 3 aromatic rings. The van der Waals surface area contributed by atoms with Crippen molar-refractivity contribution in [3.05, 3.63) is 66.4 Å². The Hall–Kier alpha value is -3.32. The quantitative estimate of drug-likeness (QED) is 0.706. The Morgan fingerprint density at radius 2 is 1.81 bits per heavy atom. The molecule has 7 nitrogen and oxygen atoms in total. The number of fused-ring (bicyclic) bond motifs is 2. The lowest BCUT2D eigenvalue weighted by molar-refractivity contribution is 0.0884. The molecule has 5 rings (SSSR count). The Kier molecular flexibility index (Phi) is 3.45. The van der Waals surface area contributed by atoms with Crippen LogP contribution in [0.15, 0.2) is 70.7 Å². The Morgan fingerprint density at radius 3 is 2.59 bits per heavy atom. The Bertz CT molecular complexity index is 1120. The lowest BCUT2D eigenvalue weighted by Gasteiger charge is -2.31. The van der Waals surface area contributed by atoms with Crippen LogP contribution in [0.25, 0.3) is 17.0 Å². The zero-order valence-electron chi connectivity index (χ0n) is 15.4. The van der Waals surface area contributed by atoms with Crippen molar-refractivity contribution < 1.29 is 0 Å². The van der Waals surface area contributed by atoms with Crippen molar-refractivity contribution in [2.24, 2.45) is 9.98 Å². The van der Waals surface area contributed by atoms with Crippen molar-refractivity contribution in [3.8, 4) is 11.3 Å². The van der Waals surface area contributed by atoms with E-state index in [1.54, 1.807) is 0 Å². The van der Waals surface area contributed by atoms with Crippen LogP contribution in [0.2, 0.25) is 0 Å². The van der Waals surface area contributed by atoms with Crippen LogP contribution in [-0.4, -0.2) is 43.0 Å². The van der Waals surface area contributed by atoms with Gasteiger partial charge in [-0.25, -0.2) is 15.0 Å². The average Bonchev–Trinajstić information content (AvgIpc) is 3.27. The molecule has 1 unspecified atom stereocenters. The van der Waals surface area contributed by atoms with Crippen molar-refractivity contribution in [2.45, 2.75) is 20.0 Å². The third kappa shape index (κ3) is 2.47. The Labute approximate surface area is 157 Å². The molecule has 2 aliphatic heterocycles. The summed E-state index contributed by atoms with van der Waals surface area (Å²) in [7, 11) is 2.02. The first-order valence-electron chi connectivity index (χ1n) is 8.85. The van der Waals surface area contributed by atoms with Gasteiger partial charge in [0.15, 0.2) is 12.0 Å². The third-order valence-electron chi connectivity index (χ3n) is 4.90. The lowest BCUT2D eigenvalue weighted by atomic mass is 10.2. The molecule has 0 amide bonds. The van der Waals surface area contributed by atoms with Crippen LogP contribution in [0.1, 0.15) is 25.7 Å². The molecule has 0 N–H and O–H groups in total. The van der Waals surface area contributed by atoms with Gasteiger partial charge in [-0.2, -0.15) is 5.01 Å². The van der Waals surface area contributed by atoms with Gasteiger partial charge in [-0.3, -0.25) is 14.4 Å². The Balaban J connectivity index is 1.55. The van der Waals surface area contributed by atoms with Crippen LogP contribution < -0.4 is 0 Å². The third-order valence-corrected chi connectivity index (χ3v) is 4.90. The number of nitrogens with zero attached hydrogens (tertiary/aromatic N) is 7. The van der Waals surface area contributed by atoms with E-state index < -0.39 is 0 Å². The van der Waals surface area contributed by atoms with Crippen molar-refractivity contribution in [1.29, 1.82) is 0 Å². The van der Waals surface area contributed by atoms with Crippen LogP contribution in [0.4, 0.5) is 0 Å². The molecule has 4 heterocycles. The highest BCUT2D eigenvalue weighted by molar-refractivity contribution is 6.41. The SMILES string of the molecule is CC1=CN=C(C)C2=NC(c3ccn4cc(-c5ccccc5)nc4n3)N(C)N12. The fraction of sp³-hybridized carbons (Fsp3) is 0.200. The molecule has 0 radical (unpaired) electrons. The highest BCUT2D eigenvalue weighted by Gasteiger charge is 2.36. The second kappa shape index (κ2) is 5.85. The highest BCUT2D eigenvalue weighted by Crippen LogP contribution is 2.32. The molecule has 7 heteroatoms. The Morgan fingerprint density at radius 1 is 1.00 bits per heavy atom. The number of hydrazine groups is 1. The molecule has 0 aliphatic carbocycles. The van der Waals surface area contributed by atoms with Crippen LogP contribution in [-0.2, 0) is 0 Å². The van der Waals surface area contributed by atoms with E-state index >= 15 is 0 Å². The molecule has 0 fully saturated rings. The highest BCUT2D eigenvalue weighted by atomic mass is 15.7. The second-order valence-electron chi connectivity index (χ2n) is 6.75. The molecule has 1 aromatic carbocycles. The van der Waals surface area contributed by atoms with Crippen LogP contribution in [0, 0.1) is 0 Å². The van der Waals surface area contributed by atoms with Gasteiger partial charge in [0.05, 0.1) is 22.8 Å². The number of hydrogen-bond acceptors (Lipinski definition) is 6. The average molecular weight is 357 g/mol. The first-order valence-corrected chi connectivity index (χ1v) is 8.85. The summed E-state index contributed by atoms with van der Waals surface area (Å²) in [5.41, 5.74) is 4.79. The van der Waals surface area contributed by atoms with E-state index in [4.69, 9.17) is 15.0 Å². The molecule has 0 spiro atoms. The number of allylic oxidation sites excluding steroid dienone is 1. The minimum atomic E-state index is -0.200.